The second-order valence-electron chi connectivity index (χ2n) is 12.4. The van der Waals surface area contributed by atoms with E-state index in [1.54, 1.807) is 27.9 Å². The fraction of sp³-hybridized carbons (Fsp3) is 0.543. The maximum Gasteiger partial charge on any atom is 0.407 e. The standard InChI is InChI=1S/C35H52N2O6/c1-9-10-18-36-33(39)25(4)19-30(38)29(37-34(40)43-35(5,6)7)22-28(24(2)3)20-27-16-17-31(41-8)32(21-27)42-23-26-14-12-11-13-15-26/h11-17,21,24,28-30,38H,4,9-10,18-20,22-23H2,1-3,5-8H3,(H,36,39)(H,37,40). The Bertz CT molecular complexity index is 1160. The number of unbranched alkanes of at least 4 members (excludes halogenated alkanes) is 1. The number of aliphatic hydroxyl groups is 1. The second-order valence-corrected chi connectivity index (χ2v) is 12.4. The Kier molecular flexibility index (Phi) is 14.6. The third-order valence-corrected chi connectivity index (χ3v) is 7.22. The highest BCUT2D eigenvalue weighted by atomic mass is 16.6. The van der Waals surface area contributed by atoms with Crippen molar-refractivity contribution in [1.29, 1.82) is 0 Å². The van der Waals surface area contributed by atoms with Crippen molar-refractivity contribution in [3.05, 3.63) is 71.8 Å². The number of carbonyl (C=O) groups is 2. The van der Waals surface area contributed by atoms with Crippen LogP contribution in [-0.2, 0) is 22.6 Å². The number of nitrogens with one attached hydrogen (secondary N) is 2. The van der Waals surface area contributed by atoms with Gasteiger partial charge in [-0.2, -0.15) is 0 Å². The van der Waals surface area contributed by atoms with Gasteiger partial charge in [0.05, 0.1) is 19.3 Å². The number of benzene rings is 2. The normalized spacial score (nSPS) is 13.5. The molecule has 43 heavy (non-hydrogen) atoms. The Labute approximate surface area is 258 Å². The maximum atomic E-state index is 12.8. The number of alkyl carbamates (subject to hydrolysis) is 1. The zero-order chi connectivity index (χ0) is 32.0. The molecule has 8 nitrogen and oxygen atoms in total. The predicted molar refractivity (Wildman–Crippen MR) is 171 cm³/mol. The molecular weight excluding hydrogens is 544 g/mol. The van der Waals surface area contributed by atoms with E-state index < -0.39 is 23.8 Å². The van der Waals surface area contributed by atoms with Crippen LogP contribution in [0, 0.1) is 11.8 Å². The lowest BCUT2D eigenvalue weighted by molar-refractivity contribution is -0.117. The largest absolute Gasteiger partial charge is 0.493 e. The molecule has 0 heterocycles. The van der Waals surface area contributed by atoms with Gasteiger partial charge in [0, 0.05) is 18.5 Å². The lowest BCUT2D eigenvalue weighted by atomic mass is 9.82. The molecule has 0 bridgehead atoms. The molecule has 0 aliphatic carbocycles. The summed E-state index contributed by atoms with van der Waals surface area (Å²) in [5.41, 5.74) is 1.68. The minimum atomic E-state index is -1.03. The molecule has 3 atom stereocenters. The summed E-state index contributed by atoms with van der Waals surface area (Å²) in [7, 11) is 1.62. The van der Waals surface area contributed by atoms with Crippen LogP contribution in [0.5, 0.6) is 11.5 Å². The zero-order valence-electron chi connectivity index (χ0n) is 27.1. The van der Waals surface area contributed by atoms with Crippen LogP contribution in [0.2, 0.25) is 0 Å². The van der Waals surface area contributed by atoms with Crippen LogP contribution in [0.15, 0.2) is 60.7 Å². The van der Waals surface area contributed by atoms with E-state index >= 15 is 0 Å². The van der Waals surface area contributed by atoms with Crippen molar-refractivity contribution in [3.8, 4) is 11.5 Å². The Morgan fingerprint density at radius 3 is 2.33 bits per heavy atom. The van der Waals surface area contributed by atoms with Crippen LogP contribution in [0.4, 0.5) is 4.79 Å². The number of hydrogen-bond donors (Lipinski definition) is 3. The van der Waals surface area contributed by atoms with Crippen molar-refractivity contribution in [2.45, 2.75) is 98.0 Å². The molecule has 0 fully saturated rings. The fourth-order valence-electron chi connectivity index (χ4n) is 4.68. The van der Waals surface area contributed by atoms with Crippen LogP contribution in [0.3, 0.4) is 0 Å². The van der Waals surface area contributed by atoms with Crippen LogP contribution in [0.1, 0.15) is 78.4 Å². The monoisotopic (exact) mass is 596 g/mol. The SMILES string of the molecule is C=C(CC(O)C(CC(Cc1ccc(OC)c(OCc2ccccc2)c1)C(C)C)NC(=O)OC(C)(C)C)C(=O)NCCCC. The van der Waals surface area contributed by atoms with Gasteiger partial charge in [0.2, 0.25) is 5.91 Å². The van der Waals surface area contributed by atoms with Gasteiger partial charge in [-0.1, -0.05) is 70.2 Å². The summed E-state index contributed by atoms with van der Waals surface area (Å²) in [6, 6.07) is 15.2. The van der Waals surface area contributed by atoms with E-state index in [4.69, 9.17) is 14.2 Å². The molecule has 0 aliphatic rings. The van der Waals surface area contributed by atoms with Crippen molar-refractivity contribution in [1.82, 2.24) is 10.6 Å². The molecule has 3 unspecified atom stereocenters. The van der Waals surface area contributed by atoms with E-state index in [1.807, 2.05) is 55.5 Å². The summed E-state index contributed by atoms with van der Waals surface area (Å²) in [5.74, 6) is 1.32. The molecule has 0 saturated carbocycles. The van der Waals surface area contributed by atoms with Crippen molar-refractivity contribution in [2.24, 2.45) is 11.8 Å². The first-order valence-corrected chi connectivity index (χ1v) is 15.3. The molecule has 3 N–H and O–H groups in total. The molecule has 8 heteroatoms. The van der Waals surface area contributed by atoms with Gasteiger partial charge in [-0.25, -0.2) is 4.79 Å². The van der Waals surface area contributed by atoms with Crippen LogP contribution in [0.25, 0.3) is 0 Å². The Morgan fingerprint density at radius 2 is 1.72 bits per heavy atom. The molecule has 2 aromatic rings. The third kappa shape index (κ3) is 13.1. The highest BCUT2D eigenvalue weighted by Crippen LogP contribution is 2.32. The number of carbonyl (C=O) groups excluding carboxylic acids is 2. The van der Waals surface area contributed by atoms with Gasteiger partial charge in [0.1, 0.15) is 12.2 Å². The number of amides is 2. The number of aliphatic hydroxyl groups excluding tert-OH is 1. The first-order valence-electron chi connectivity index (χ1n) is 15.3. The Morgan fingerprint density at radius 1 is 1.02 bits per heavy atom. The smallest absolute Gasteiger partial charge is 0.407 e. The van der Waals surface area contributed by atoms with Gasteiger partial charge in [-0.3, -0.25) is 4.79 Å². The zero-order valence-corrected chi connectivity index (χ0v) is 27.1. The van der Waals surface area contributed by atoms with E-state index in [2.05, 4.69) is 31.1 Å². The lowest BCUT2D eigenvalue weighted by Crippen LogP contribution is -2.47. The molecule has 0 aliphatic heterocycles. The first-order chi connectivity index (χ1) is 20.3. The minimum absolute atomic E-state index is 0.0310. The first kappa shape index (κ1) is 35.7. The quantitative estimate of drug-likeness (QED) is 0.140. The van der Waals surface area contributed by atoms with Crippen LogP contribution >= 0.6 is 0 Å². The highest BCUT2D eigenvalue weighted by molar-refractivity contribution is 5.92. The number of methoxy groups -OCH3 is 1. The predicted octanol–water partition coefficient (Wildman–Crippen LogP) is 6.60. The molecule has 0 radical (unpaired) electrons. The average Bonchev–Trinajstić information content (AvgIpc) is 2.94. The van der Waals surface area contributed by atoms with E-state index in [-0.39, 0.29) is 29.7 Å². The van der Waals surface area contributed by atoms with Crippen molar-refractivity contribution in [3.63, 3.8) is 0 Å². The van der Waals surface area contributed by atoms with E-state index in [1.165, 1.54) is 0 Å². The molecule has 238 valence electrons. The third-order valence-electron chi connectivity index (χ3n) is 7.22. The topological polar surface area (TPSA) is 106 Å². The number of ether oxygens (including phenoxy) is 3. The molecule has 2 rings (SSSR count). The van der Waals surface area contributed by atoms with Crippen LogP contribution < -0.4 is 20.1 Å². The van der Waals surface area contributed by atoms with Gasteiger partial charge in [-0.05, 0) is 75.1 Å². The average molecular weight is 597 g/mol. The van der Waals surface area contributed by atoms with Crippen molar-refractivity contribution < 1.29 is 28.9 Å². The lowest BCUT2D eigenvalue weighted by Gasteiger charge is -2.31. The summed E-state index contributed by atoms with van der Waals surface area (Å²) in [6.07, 6.45) is 1.37. The number of rotatable bonds is 17. The summed E-state index contributed by atoms with van der Waals surface area (Å²) in [4.78, 5) is 25.3. The number of hydrogen-bond acceptors (Lipinski definition) is 6. The van der Waals surface area contributed by atoms with Gasteiger partial charge in [-0.15, -0.1) is 0 Å². The Balaban J connectivity index is 2.22. The molecule has 0 aromatic heterocycles. The summed E-state index contributed by atoms with van der Waals surface area (Å²) in [6.45, 7) is 16.5. The van der Waals surface area contributed by atoms with Gasteiger partial charge in [0.15, 0.2) is 11.5 Å². The summed E-state index contributed by atoms with van der Waals surface area (Å²) in [5, 5.41) is 17.0. The molecule has 2 aromatic carbocycles. The van der Waals surface area contributed by atoms with Gasteiger partial charge in [0.25, 0.3) is 0 Å². The van der Waals surface area contributed by atoms with Crippen LogP contribution in [-0.4, -0.2) is 48.5 Å². The molecule has 2 amide bonds. The summed E-state index contributed by atoms with van der Waals surface area (Å²) >= 11 is 0. The van der Waals surface area contributed by atoms with E-state index in [9.17, 15) is 14.7 Å². The minimum Gasteiger partial charge on any atom is -0.493 e. The van der Waals surface area contributed by atoms with Gasteiger partial charge < -0.3 is 30.0 Å². The highest BCUT2D eigenvalue weighted by Gasteiger charge is 2.30. The fourth-order valence-corrected chi connectivity index (χ4v) is 4.68. The van der Waals surface area contributed by atoms with Gasteiger partial charge >= 0.3 is 6.09 Å². The molecule has 0 spiro atoms. The maximum absolute atomic E-state index is 12.8. The molecule has 0 saturated heterocycles. The summed E-state index contributed by atoms with van der Waals surface area (Å²) < 4.78 is 17.2. The van der Waals surface area contributed by atoms with E-state index in [0.29, 0.717) is 37.5 Å². The van der Waals surface area contributed by atoms with Crippen molar-refractivity contribution >= 4 is 12.0 Å². The molecular formula is C35H52N2O6. The Hall–Kier alpha value is -3.52. The second kappa shape index (κ2) is 17.6. The van der Waals surface area contributed by atoms with E-state index in [0.717, 1.165) is 24.0 Å². The van der Waals surface area contributed by atoms with Crippen molar-refractivity contribution in [2.75, 3.05) is 13.7 Å².